The highest BCUT2D eigenvalue weighted by atomic mass is 79.9. The van der Waals surface area contributed by atoms with E-state index in [9.17, 15) is 4.79 Å². The molecule has 0 aliphatic carbocycles. The summed E-state index contributed by atoms with van der Waals surface area (Å²) in [5.41, 5.74) is 4.36. The highest BCUT2D eigenvalue weighted by Gasteiger charge is 2.03. The lowest BCUT2D eigenvalue weighted by Crippen LogP contribution is -2.24. The quantitative estimate of drug-likeness (QED) is 0.112. The lowest BCUT2D eigenvalue weighted by atomic mass is 10.1. The van der Waals surface area contributed by atoms with Crippen LogP contribution in [0.2, 0.25) is 0 Å². The van der Waals surface area contributed by atoms with Crippen molar-refractivity contribution in [3.63, 3.8) is 0 Å². The number of benzene rings is 3. The van der Waals surface area contributed by atoms with Gasteiger partial charge in [-0.1, -0.05) is 79.2 Å². The number of halogens is 1. The van der Waals surface area contributed by atoms with Crippen molar-refractivity contribution in [2.75, 3.05) is 13.2 Å². The summed E-state index contributed by atoms with van der Waals surface area (Å²) in [6.45, 7) is 3.26. The summed E-state index contributed by atoms with van der Waals surface area (Å²) in [4.78, 5) is 12.1. The van der Waals surface area contributed by atoms with Crippen LogP contribution < -0.4 is 19.6 Å². The van der Waals surface area contributed by atoms with Crippen LogP contribution in [0.4, 0.5) is 0 Å². The predicted molar refractivity (Wildman–Crippen MR) is 151 cm³/mol. The summed E-state index contributed by atoms with van der Waals surface area (Å²) < 4.78 is 18.2. The van der Waals surface area contributed by atoms with Gasteiger partial charge in [-0.3, -0.25) is 4.79 Å². The van der Waals surface area contributed by atoms with Crippen molar-refractivity contribution in [3.05, 3.63) is 88.4 Å². The van der Waals surface area contributed by atoms with Crippen molar-refractivity contribution < 1.29 is 19.0 Å². The second kappa shape index (κ2) is 16.4. The van der Waals surface area contributed by atoms with Gasteiger partial charge >= 0.3 is 0 Å². The molecular weight excluding hydrogens is 532 g/mol. The molecule has 6 nitrogen and oxygen atoms in total. The average Bonchev–Trinajstić information content (AvgIpc) is 2.91. The number of nitrogens with one attached hydrogen (secondary N) is 1. The molecule has 0 saturated carbocycles. The Morgan fingerprint density at radius 3 is 2.35 bits per heavy atom. The van der Waals surface area contributed by atoms with Gasteiger partial charge in [0.25, 0.3) is 5.91 Å². The third kappa shape index (κ3) is 11.5. The van der Waals surface area contributed by atoms with E-state index in [0.29, 0.717) is 19.0 Å². The zero-order chi connectivity index (χ0) is 26.1. The van der Waals surface area contributed by atoms with Crippen LogP contribution in [-0.4, -0.2) is 25.3 Å². The first-order valence-electron chi connectivity index (χ1n) is 12.8. The number of hydrogen-bond donors (Lipinski definition) is 1. The summed E-state index contributed by atoms with van der Waals surface area (Å²) in [5, 5.41) is 4.02. The van der Waals surface area contributed by atoms with Gasteiger partial charge in [0.1, 0.15) is 23.9 Å². The van der Waals surface area contributed by atoms with E-state index in [-0.39, 0.29) is 12.5 Å². The molecule has 0 aromatic heterocycles. The molecule has 196 valence electrons. The predicted octanol–water partition coefficient (Wildman–Crippen LogP) is 7.30. The number of carbonyl (C=O) groups is 1. The topological polar surface area (TPSA) is 69.2 Å². The summed E-state index contributed by atoms with van der Waals surface area (Å²) in [6.07, 6.45) is 8.97. The Labute approximate surface area is 228 Å². The molecule has 1 N–H and O–H groups in total. The largest absolute Gasteiger partial charge is 0.494 e. The summed E-state index contributed by atoms with van der Waals surface area (Å²) in [7, 11) is 0. The normalized spacial score (nSPS) is 10.9. The van der Waals surface area contributed by atoms with E-state index in [1.54, 1.807) is 18.3 Å². The van der Waals surface area contributed by atoms with E-state index in [1.807, 2.05) is 60.7 Å². The molecule has 7 heteroatoms. The molecule has 3 rings (SSSR count). The lowest BCUT2D eigenvalue weighted by molar-refractivity contribution is -0.123. The maximum atomic E-state index is 12.1. The number of ether oxygens (including phenoxy) is 3. The minimum Gasteiger partial charge on any atom is -0.494 e. The fourth-order valence-electron chi connectivity index (χ4n) is 3.54. The molecule has 1 amide bonds. The third-order valence-electron chi connectivity index (χ3n) is 5.52. The number of rotatable bonds is 16. The first-order chi connectivity index (χ1) is 18.1. The summed E-state index contributed by atoms with van der Waals surface area (Å²) >= 11 is 3.46. The number of unbranched alkanes of at least 4 members (excludes halogenated alkanes) is 5. The van der Waals surface area contributed by atoms with Gasteiger partial charge in [-0.2, -0.15) is 5.10 Å². The fourth-order valence-corrected chi connectivity index (χ4v) is 3.99. The number of carbonyl (C=O) groups excluding carboxylic acids is 1. The number of hydrogen-bond acceptors (Lipinski definition) is 5. The fraction of sp³-hybridized carbons (Fsp3) is 0.333. The van der Waals surface area contributed by atoms with E-state index in [1.165, 1.54) is 32.1 Å². The van der Waals surface area contributed by atoms with Crippen molar-refractivity contribution in [3.8, 4) is 17.2 Å². The van der Waals surface area contributed by atoms with Crippen molar-refractivity contribution in [1.82, 2.24) is 5.43 Å². The molecule has 0 aliphatic heterocycles. The Morgan fingerprint density at radius 1 is 0.838 bits per heavy atom. The maximum absolute atomic E-state index is 12.1. The molecule has 0 saturated heterocycles. The molecule has 3 aromatic rings. The minimum atomic E-state index is -0.346. The average molecular weight is 568 g/mol. The van der Waals surface area contributed by atoms with Gasteiger partial charge in [-0.25, -0.2) is 5.43 Å². The van der Waals surface area contributed by atoms with Gasteiger partial charge in [0, 0.05) is 4.47 Å². The van der Waals surface area contributed by atoms with E-state index in [0.717, 1.165) is 33.5 Å². The standard InChI is InChI=1S/C30H35BrN2O4/c1-2-3-4-5-6-7-18-35-27-14-16-28(17-15-27)37-23-30(34)33-32-21-24-10-9-13-29(20-24)36-22-25-11-8-12-26(31)19-25/h8-17,19-21H,2-7,18,22-23H2,1H3,(H,33,34)/b32-21+. The SMILES string of the molecule is CCCCCCCCOc1ccc(OCC(=O)N/N=C/c2cccc(OCc3cccc(Br)c3)c2)cc1. The van der Waals surface area contributed by atoms with E-state index >= 15 is 0 Å². The van der Waals surface area contributed by atoms with Crippen LogP contribution >= 0.6 is 15.9 Å². The van der Waals surface area contributed by atoms with Crippen molar-refractivity contribution in [1.29, 1.82) is 0 Å². The molecule has 0 radical (unpaired) electrons. The Morgan fingerprint density at radius 2 is 1.57 bits per heavy atom. The molecule has 3 aromatic carbocycles. The Balaban J connectivity index is 1.33. The molecule has 0 fully saturated rings. The molecule has 0 bridgehead atoms. The molecule has 0 spiro atoms. The van der Waals surface area contributed by atoms with Crippen molar-refractivity contribution in [2.45, 2.75) is 52.1 Å². The van der Waals surface area contributed by atoms with Crippen LogP contribution in [0.1, 0.15) is 56.6 Å². The van der Waals surface area contributed by atoms with Crippen molar-refractivity contribution in [2.24, 2.45) is 5.10 Å². The van der Waals surface area contributed by atoms with Gasteiger partial charge in [0.05, 0.1) is 12.8 Å². The third-order valence-corrected chi connectivity index (χ3v) is 6.01. The highest BCUT2D eigenvalue weighted by Crippen LogP contribution is 2.19. The zero-order valence-electron chi connectivity index (χ0n) is 21.3. The first kappa shape index (κ1) is 28.3. The lowest BCUT2D eigenvalue weighted by Gasteiger charge is -2.08. The molecular formula is C30H35BrN2O4. The number of nitrogens with zero attached hydrogens (tertiary/aromatic N) is 1. The first-order valence-corrected chi connectivity index (χ1v) is 13.6. The molecule has 0 atom stereocenters. The summed E-state index contributed by atoms with van der Waals surface area (Å²) in [5.74, 6) is 1.78. The van der Waals surface area contributed by atoms with Crippen LogP contribution in [0, 0.1) is 0 Å². The summed E-state index contributed by atoms with van der Waals surface area (Å²) in [6, 6.07) is 22.8. The van der Waals surface area contributed by atoms with E-state index in [4.69, 9.17) is 14.2 Å². The van der Waals surface area contributed by atoms with Gasteiger partial charge < -0.3 is 14.2 Å². The molecule has 0 aliphatic rings. The highest BCUT2D eigenvalue weighted by molar-refractivity contribution is 9.10. The van der Waals surface area contributed by atoms with Gasteiger partial charge in [-0.15, -0.1) is 0 Å². The van der Waals surface area contributed by atoms with Crippen LogP contribution in [0.25, 0.3) is 0 Å². The second-order valence-corrected chi connectivity index (χ2v) is 9.58. The molecule has 37 heavy (non-hydrogen) atoms. The van der Waals surface area contributed by atoms with Crippen LogP contribution in [0.5, 0.6) is 17.2 Å². The molecule has 0 heterocycles. The van der Waals surface area contributed by atoms with Crippen LogP contribution in [0.3, 0.4) is 0 Å². The zero-order valence-corrected chi connectivity index (χ0v) is 22.9. The van der Waals surface area contributed by atoms with Gasteiger partial charge in [-0.05, 0) is 66.1 Å². The monoisotopic (exact) mass is 566 g/mol. The Hall–Kier alpha value is -3.32. The maximum Gasteiger partial charge on any atom is 0.277 e. The second-order valence-electron chi connectivity index (χ2n) is 8.66. The van der Waals surface area contributed by atoms with E-state index in [2.05, 4.69) is 33.4 Å². The van der Waals surface area contributed by atoms with Gasteiger partial charge in [0.15, 0.2) is 6.61 Å². The van der Waals surface area contributed by atoms with Crippen LogP contribution in [0.15, 0.2) is 82.4 Å². The van der Waals surface area contributed by atoms with E-state index < -0.39 is 0 Å². The smallest absolute Gasteiger partial charge is 0.277 e. The minimum absolute atomic E-state index is 0.134. The van der Waals surface area contributed by atoms with Crippen LogP contribution in [-0.2, 0) is 11.4 Å². The number of hydrazone groups is 1. The Kier molecular flexibility index (Phi) is 12.5. The van der Waals surface area contributed by atoms with Gasteiger partial charge in [0.2, 0.25) is 0 Å². The Bertz CT molecular complexity index is 1120. The van der Waals surface area contributed by atoms with Crippen molar-refractivity contribution >= 4 is 28.1 Å². The number of amides is 1. The molecule has 0 unspecified atom stereocenters.